The van der Waals surface area contributed by atoms with Gasteiger partial charge < -0.3 is 9.84 Å². The zero-order chi connectivity index (χ0) is 16.4. The molecule has 0 saturated heterocycles. The number of aromatic carboxylic acids is 1. The number of hydrogen-bond donors (Lipinski definition) is 1. The van der Waals surface area contributed by atoms with Gasteiger partial charge in [0.2, 0.25) is 0 Å². The maximum atomic E-state index is 10.8. The smallest absolute Gasteiger partial charge is 0.335 e. The van der Waals surface area contributed by atoms with Crippen LogP contribution in [0.4, 0.5) is 0 Å². The van der Waals surface area contributed by atoms with Gasteiger partial charge in [-0.15, -0.1) is 0 Å². The lowest BCUT2D eigenvalue weighted by Crippen LogP contribution is -1.99. The zero-order valence-corrected chi connectivity index (χ0v) is 12.9. The number of aromatic nitrogens is 2. The first-order chi connectivity index (χ1) is 11.0. The minimum Gasteiger partial charge on any atom is -0.489 e. The molecule has 5 heteroatoms. The Hall–Kier alpha value is -2.95. The largest absolute Gasteiger partial charge is 0.489 e. The van der Waals surface area contributed by atoms with E-state index in [4.69, 9.17) is 9.84 Å². The molecule has 0 radical (unpaired) electrons. The van der Waals surface area contributed by atoms with E-state index in [0.29, 0.717) is 12.4 Å². The Bertz CT molecular complexity index is 873. The molecule has 1 heterocycles. The van der Waals surface area contributed by atoms with Crippen molar-refractivity contribution in [2.45, 2.75) is 20.5 Å². The second-order valence-corrected chi connectivity index (χ2v) is 5.34. The Morgan fingerprint density at radius 2 is 1.65 bits per heavy atom. The number of benzene rings is 2. The summed E-state index contributed by atoms with van der Waals surface area (Å²) in [6.07, 6.45) is 0. The molecule has 0 bridgehead atoms. The van der Waals surface area contributed by atoms with Gasteiger partial charge in [0.25, 0.3) is 0 Å². The molecule has 0 unspecified atom stereocenters. The third-order valence-electron chi connectivity index (χ3n) is 3.65. The van der Waals surface area contributed by atoms with Gasteiger partial charge in [0, 0.05) is 6.07 Å². The number of hydrogen-bond acceptors (Lipinski definition) is 4. The van der Waals surface area contributed by atoms with E-state index < -0.39 is 5.97 Å². The first-order valence-electron chi connectivity index (χ1n) is 7.23. The van der Waals surface area contributed by atoms with E-state index in [-0.39, 0.29) is 5.56 Å². The molecular weight excluding hydrogens is 292 g/mol. The number of carboxylic acid groups (broad SMARTS) is 1. The van der Waals surface area contributed by atoms with E-state index in [1.165, 1.54) is 0 Å². The molecule has 0 saturated carbocycles. The SMILES string of the molecule is Cc1nc2ccc(OCc3ccc(C(=O)O)cc3)cc2nc1C. The van der Waals surface area contributed by atoms with Gasteiger partial charge in [0.15, 0.2) is 0 Å². The van der Waals surface area contributed by atoms with Crippen LogP contribution in [0, 0.1) is 13.8 Å². The number of rotatable bonds is 4. The summed E-state index contributed by atoms with van der Waals surface area (Å²) >= 11 is 0. The Morgan fingerprint density at radius 1 is 1.00 bits per heavy atom. The molecule has 23 heavy (non-hydrogen) atoms. The van der Waals surface area contributed by atoms with Crippen LogP contribution in [0.1, 0.15) is 27.3 Å². The van der Waals surface area contributed by atoms with Gasteiger partial charge >= 0.3 is 5.97 Å². The Balaban J connectivity index is 1.76. The molecule has 1 N–H and O–H groups in total. The van der Waals surface area contributed by atoms with Gasteiger partial charge in [0.1, 0.15) is 12.4 Å². The molecule has 0 aliphatic heterocycles. The van der Waals surface area contributed by atoms with Gasteiger partial charge in [-0.2, -0.15) is 0 Å². The van der Waals surface area contributed by atoms with Crippen molar-refractivity contribution in [2.75, 3.05) is 0 Å². The number of nitrogens with zero attached hydrogens (tertiary/aromatic N) is 2. The van der Waals surface area contributed by atoms with E-state index in [1.807, 2.05) is 32.0 Å². The number of carboxylic acids is 1. The maximum absolute atomic E-state index is 10.8. The summed E-state index contributed by atoms with van der Waals surface area (Å²) in [4.78, 5) is 19.8. The summed E-state index contributed by atoms with van der Waals surface area (Å²) < 4.78 is 5.76. The van der Waals surface area contributed by atoms with E-state index >= 15 is 0 Å². The van der Waals surface area contributed by atoms with Crippen LogP contribution >= 0.6 is 0 Å². The van der Waals surface area contributed by atoms with E-state index in [9.17, 15) is 4.79 Å². The average Bonchev–Trinajstić information content (AvgIpc) is 2.54. The predicted octanol–water partition coefficient (Wildman–Crippen LogP) is 3.52. The lowest BCUT2D eigenvalue weighted by molar-refractivity contribution is 0.0697. The quantitative estimate of drug-likeness (QED) is 0.798. The minimum absolute atomic E-state index is 0.264. The molecule has 0 fully saturated rings. The molecule has 1 aromatic heterocycles. The van der Waals surface area contributed by atoms with Crippen LogP contribution < -0.4 is 4.74 Å². The van der Waals surface area contributed by atoms with Crippen LogP contribution in [0.5, 0.6) is 5.75 Å². The summed E-state index contributed by atoms with van der Waals surface area (Å²) in [5, 5.41) is 8.88. The van der Waals surface area contributed by atoms with Crippen molar-refractivity contribution in [3.63, 3.8) is 0 Å². The van der Waals surface area contributed by atoms with Crippen LogP contribution in [0.15, 0.2) is 42.5 Å². The molecule has 5 nitrogen and oxygen atoms in total. The molecule has 0 aliphatic carbocycles. The number of aryl methyl sites for hydroxylation is 2. The molecule has 3 aromatic rings. The number of carbonyl (C=O) groups is 1. The first kappa shape index (κ1) is 15.0. The van der Waals surface area contributed by atoms with Crippen molar-refractivity contribution in [1.29, 1.82) is 0 Å². The fourth-order valence-electron chi connectivity index (χ4n) is 2.21. The standard InChI is InChI=1S/C18H16N2O3/c1-11-12(2)20-17-9-15(7-8-16(17)19-11)23-10-13-3-5-14(6-4-13)18(21)22/h3-9H,10H2,1-2H3,(H,21,22). The highest BCUT2D eigenvalue weighted by Gasteiger charge is 2.05. The highest BCUT2D eigenvalue weighted by Crippen LogP contribution is 2.20. The monoisotopic (exact) mass is 308 g/mol. The Labute approximate surface area is 133 Å². The van der Waals surface area contributed by atoms with Crippen LogP contribution in [0.2, 0.25) is 0 Å². The van der Waals surface area contributed by atoms with Crippen molar-refractivity contribution in [1.82, 2.24) is 9.97 Å². The summed E-state index contributed by atoms with van der Waals surface area (Å²) in [5.41, 5.74) is 4.63. The summed E-state index contributed by atoms with van der Waals surface area (Å²) in [6.45, 7) is 4.23. The molecular formula is C18H16N2O3. The van der Waals surface area contributed by atoms with Gasteiger partial charge in [0.05, 0.1) is 28.0 Å². The van der Waals surface area contributed by atoms with E-state index in [1.54, 1.807) is 24.3 Å². The lowest BCUT2D eigenvalue weighted by atomic mass is 10.1. The van der Waals surface area contributed by atoms with Crippen molar-refractivity contribution >= 4 is 17.0 Å². The summed E-state index contributed by atoms with van der Waals surface area (Å²) in [5.74, 6) is -0.228. The number of ether oxygens (including phenoxy) is 1. The van der Waals surface area contributed by atoms with Crippen LogP contribution in [0.3, 0.4) is 0 Å². The van der Waals surface area contributed by atoms with Crippen molar-refractivity contribution in [3.05, 3.63) is 65.0 Å². The maximum Gasteiger partial charge on any atom is 0.335 e. The Morgan fingerprint density at radius 3 is 2.30 bits per heavy atom. The molecule has 3 rings (SSSR count). The van der Waals surface area contributed by atoms with Crippen molar-refractivity contribution in [2.24, 2.45) is 0 Å². The van der Waals surface area contributed by atoms with Crippen LogP contribution in [-0.2, 0) is 6.61 Å². The molecule has 0 amide bonds. The van der Waals surface area contributed by atoms with Crippen molar-refractivity contribution < 1.29 is 14.6 Å². The lowest BCUT2D eigenvalue weighted by Gasteiger charge is -2.08. The average molecular weight is 308 g/mol. The van der Waals surface area contributed by atoms with Gasteiger partial charge in [-0.1, -0.05) is 12.1 Å². The third-order valence-corrected chi connectivity index (χ3v) is 3.65. The second kappa shape index (κ2) is 6.04. The summed E-state index contributed by atoms with van der Waals surface area (Å²) in [7, 11) is 0. The molecule has 2 aromatic carbocycles. The minimum atomic E-state index is -0.934. The molecule has 0 spiro atoms. The highest BCUT2D eigenvalue weighted by molar-refractivity contribution is 5.87. The zero-order valence-electron chi connectivity index (χ0n) is 12.9. The third kappa shape index (κ3) is 3.29. The van der Waals surface area contributed by atoms with Crippen LogP contribution in [0.25, 0.3) is 11.0 Å². The first-order valence-corrected chi connectivity index (χ1v) is 7.23. The van der Waals surface area contributed by atoms with E-state index in [2.05, 4.69) is 9.97 Å². The second-order valence-electron chi connectivity index (χ2n) is 5.34. The van der Waals surface area contributed by atoms with Gasteiger partial charge in [-0.3, -0.25) is 0 Å². The molecule has 116 valence electrons. The van der Waals surface area contributed by atoms with Gasteiger partial charge in [-0.25, -0.2) is 14.8 Å². The predicted molar refractivity (Wildman–Crippen MR) is 86.7 cm³/mol. The summed E-state index contributed by atoms with van der Waals surface area (Å²) in [6, 6.07) is 12.2. The molecule has 0 atom stereocenters. The molecule has 0 aliphatic rings. The highest BCUT2D eigenvalue weighted by atomic mass is 16.5. The normalized spacial score (nSPS) is 10.7. The Kier molecular flexibility index (Phi) is 3.93. The topological polar surface area (TPSA) is 72.3 Å². The fourth-order valence-corrected chi connectivity index (χ4v) is 2.21. The van der Waals surface area contributed by atoms with Crippen molar-refractivity contribution in [3.8, 4) is 5.75 Å². The number of fused-ring (bicyclic) bond motifs is 1. The van der Waals surface area contributed by atoms with Gasteiger partial charge in [-0.05, 0) is 43.7 Å². The van der Waals surface area contributed by atoms with Crippen LogP contribution in [-0.4, -0.2) is 21.0 Å². The fraction of sp³-hybridized carbons (Fsp3) is 0.167. The van der Waals surface area contributed by atoms with E-state index in [0.717, 1.165) is 28.0 Å².